The molecule has 0 amide bonds. The Morgan fingerprint density at radius 1 is 1.04 bits per heavy atom. The van der Waals surface area contributed by atoms with Gasteiger partial charge in [-0.3, -0.25) is 4.79 Å². The fraction of sp³-hybridized carbons (Fsp3) is 0.158. The maximum Gasteiger partial charge on any atom is 0.310 e. The molecule has 3 rings (SSSR count). The van der Waals surface area contributed by atoms with Gasteiger partial charge in [0.1, 0.15) is 6.61 Å². The number of aromatic nitrogens is 2. The van der Waals surface area contributed by atoms with Crippen LogP contribution in [0.15, 0.2) is 66.9 Å². The number of methoxy groups -OCH3 is 1. The van der Waals surface area contributed by atoms with Crippen molar-refractivity contribution in [1.29, 1.82) is 0 Å². The van der Waals surface area contributed by atoms with Crippen molar-refractivity contribution in [2.75, 3.05) is 7.11 Å². The summed E-state index contributed by atoms with van der Waals surface area (Å²) in [6.07, 6.45) is 1.92. The molecule has 5 heteroatoms. The number of esters is 1. The Bertz CT molecular complexity index is 798. The van der Waals surface area contributed by atoms with Gasteiger partial charge in [0.15, 0.2) is 0 Å². The van der Waals surface area contributed by atoms with Gasteiger partial charge in [0.25, 0.3) is 0 Å². The molecule has 24 heavy (non-hydrogen) atoms. The predicted octanol–water partition coefficient (Wildman–Crippen LogP) is 3.17. The van der Waals surface area contributed by atoms with Crippen LogP contribution in [-0.4, -0.2) is 22.9 Å². The lowest BCUT2D eigenvalue weighted by Gasteiger charge is -2.05. The van der Waals surface area contributed by atoms with Crippen molar-refractivity contribution in [2.45, 2.75) is 13.0 Å². The largest absolute Gasteiger partial charge is 0.472 e. The molecular weight excluding hydrogens is 304 g/mol. The van der Waals surface area contributed by atoms with Gasteiger partial charge >= 0.3 is 5.97 Å². The van der Waals surface area contributed by atoms with E-state index < -0.39 is 0 Å². The van der Waals surface area contributed by atoms with Crippen LogP contribution in [0.25, 0.3) is 5.69 Å². The highest BCUT2D eigenvalue weighted by atomic mass is 16.5. The zero-order valence-electron chi connectivity index (χ0n) is 13.4. The fourth-order valence-electron chi connectivity index (χ4n) is 2.30. The molecule has 0 saturated heterocycles. The smallest absolute Gasteiger partial charge is 0.310 e. The summed E-state index contributed by atoms with van der Waals surface area (Å²) in [6.45, 7) is 0.390. The number of ether oxygens (including phenoxy) is 2. The van der Waals surface area contributed by atoms with Crippen molar-refractivity contribution in [3.05, 3.63) is 78.0 Å². The molecule has 3 aromatic rings. The van der Waals surface area contributed by atoms with Gasteiger partial charge in [-0.2, -0.15) is 0 Å². The summed E-state index contributed by atoms with van der Waals surface area (Å²) >= 11 is 0. The molecule has 0 saturated carbocycles. The first kappa shape index (κ1) is 15.8. The lowest BCUT2D eigenvalue weighted by atomic mass is 10.2. The number of carbonyl (C=O) groups is 1. The zero-order chi connectivity index (χ0) is 16.8. The van der Waals surface area contributed by atoms with Crippen LogP contribution in [-0.2, 0) is 22.6 Å². The lowest BCUT2D eigenvalue weighted by molar-refractivity contribution is -0.139. The van der Waals surface area contributed by atoms with Crippen molar-refractivity contribution in [3.8, 4) is 11.6 Å². The molecule has 0 radical (unpaired) electrons. The van der Waals surface area contributed by atoms with E-state index in [2.05, 4.69) is 5.10 Å². The topological polar surface area (TPSA) is 53.4 Å². The predicted molar refractivity (Wildman–Crippen MR) is 90.1 cm³/mol. The Morgan fingerprint density at radius 3 is 2.38 bits per heavy atom. The van der Waals surface area contributed by atoms with Crippen LogP contribution in [0.1, 0.15) is 11.1 Å². The average Bonchev–Trinajstić information content (AvgIpc) is 3.04. The molecule has 0 aliphatic heterocycles. The lowest BCUT2D eigenvalue weighted by Crippen LogP contribution is -2.05. The molecule has 122 valence electrons. The van der Waals surface area contributed by atoms with E-state index in [1.165, 1.54) is 7.11 Å². The minimum Gasteiger partial charge on any atom is -0.472 e. The second-order valence-electron chi connectivity index (χ2n) is 5.27. The summed E-state index contributed by atoms with van der Waals surface area (Å²) in [6, 6.07) is 19.5. The van der Waals surface area contributed by atoms with Crippen LogP contribution in [0.5, 0.6) is 5.88 Å². The number of benzene rings is 2. The minimum atomic E-state index is -0.327. The second kappa shape index (κ2) is 7.46. The molecule has 0 bridgehead atoms. The maximum atomic E-state index is 11.6. The van der Waals surface area contributed by atoms with Crippen molar-refractivity contribution in [2.24, 2.45) is 0 Å². The van der Waals surface area contributed by atoms with Crippen molar-refractivity contribution in [1.82, 2.24) is 9.78 Å². The van der Waals surface area contributed by atoms with Gasteiger partial charge in [0.2, 0.25) is 5.88 Å². The molecule has 1 heterocycles. The monoisotopic (exact) mass is 322 g/mol. The number of para-hydroxylation sites is 1. The Hall–Kier alpha value is -3.08. The Balaban J connectivity index is 1.84. The zero-order valence-corrected chi connectivity index (χ0v) is 13.4. The summed E-state index contributed by atoms with van der Waals surface area (Å²) < 4.78 is 12.3. The van der Waals surface area contributed by atoms with Gasteiger partial charge in [-0.1, -0.05) is 48.5 Å². The van der Waals surface area contributed by atoms with Crippen LogP contribution >= 0.6 is 0 Å². The Kier molecular flexibility index (Phi) is 4.91. The first-order valence-electron chi connectivity index (χ1n) is 7.64. The van der Waals surface area contributed by atoms with E-state index in [0.29, 0.717) is 18.1 Å². The second-order valence-corrected chi connectivity index (χ2v) is 5.27. The molecular formula is C19H18N2O3. The van der Waals surface area contributed by atoms with E-state index in [9.17, 15) is 4.79 Å². The standard InChI is InChI=1S/C19H18N2O3/c1-23-18(22)12-16-13-21(17-10-6-3-7-11-17)20-19(16)24-14-15-8-4-2-5-9-15/h2-11,13H,12,14H2,1H3. The third-order valence-electron chi connectivity index (χ3n) is 3.55. The van der Waals surface area contributed by atoms with E-state index in [0.717, 1.165) is 11.3 Å². The Morgan fingerprint density at radius 2 is 1.71 bits per heavy atom. The van der Waals surface area contributed by atoms with E-state index in [4.69, 9.17) is 9.47 Å². The summed E-state index contributed by atoms with van der Waals surface area (Å²) in [5, 5.41) is 4.47. The van der Waals surface area contributed by atoms with Crippen molar-refractivity contribution in [3.63, 3.8) is 0 Å². The molecule has 0 N–H and O–H groups in total. The van der Waals surface area contributed by atoms with Crippen molar-refractivity contribution < 1.29 is 14.3 Å². The van der Waals surface area contributed by atoms with E-state index >= 15 is 0 Å². The van der Waals surface area contributed by atoms with Gasteiger partial charge in [0.05, 0.1) is 19.2 Å². The normalized spacial score (nSPS) is 10.4. The molecule has 0 unspecified atom stereocenters. The molecule has 1 aromatic heterocycles. The van der Waals surface area contributed by atoms with Crippen LogP contribution in [0.2, 0.25) is 0 Å². The average molecular weight is 322 g/mol. The van der Waals surface area contributed by atoms with Crippen LogP contribution in [0.4, 0.5) is 0 Å². The van der Waals surface area contributed by atoms with Gasteiger partial charge in [0, 0.05) is 11.8 Å². The van der Waals surface area contributed by atoms with Crippen LogP contribution < -0.4 is 4.74 Å². The van der Waals surface area contributed by atoms with Gasteiger partial charge < -0.3 is 9.47 Å². The minimum absolute atomic E-state index is 0.119. The molecule has 0 atom stereocenters. The molecule has 2 aromatic carbocycles. The summed E-state index contributed by atoms with van der Waals surface area (Å²) in [4.78, 5) is 11.6. The molecule has 0 aliphatic carbocycles. The fourth-order valence-corrected chi connectivity index (χ4v) is 2.30. The number of nitrogens with zero attached hydrogens (tertiary/aromatic N) is 2. The molecule has 0 aliphatic rings. The van der Waals surface area contributed by atoms with Gasteiger partial charge in [-0.25, -0.2) is 4.68 Å². The van der Waals surface area contributed by atoms with E-state index in [1.54, 1.807) is 10.9 Å². The number of rotatable bonds is 6. The third kappa shape index (κ3) is 3.81. The van der Waals surface area contributed by atoms with Crippen LogP contribution in [0, 0.1) is 0 Å². The summed E-state index contributed by atoms with van der Waals surface area (Å²) in [7, 11) is 1.37. The highest BCUT2D eigenvalue weighted by Crippen LogP contribution is 2.21. The molecule has 5 nitrogen and oxygen atoms in total. The quantitative estimate of drug-likeness (QED) is 0.654. The SMILES string of the molecule is COC(=O)Cc1cn(-c2ccccc2)nc1OCc1ccccc1. The van der Waals surface area contributed by atoms with E-state index in [-0.39, 0.29) is 12.4 Å². The van der Waals surface area contributed by atoms with Gasteiger partial charge in [-0.15, -0.1) is 5.10 Å². The number of carbonyl (C=O) groups excluding carboxylic acids is 1. The first-order valence-corrected chi connectivity index (χ1v) is 7.64. The maximum absolute atomic E-state index is 11.6. The first-order chi connectivity index (χ1) is 11.8. The van der Waals surface area contributed by atoms with Crippen LogP contribution in [0.3, 0.4) is 0 Å². The molecule has 0 fully saturated rings. The summed E-state index contributed by atoms with van der Waals surface area (Å²) in [5.74, 6) is 0.111. The van der Waals surface area contributed by atoms with Crippen molar-refractivity contribution >= 4 is 5.97 Å². The number of hydrogen-bond donors (Lipinski definition) is 0. The van der Waals surface area contributed by atoms with Gasteiger partial charge in [-0.05, 0) is 17.7 Å². The Labute approximate surface area is 140 Å². The van der Waals surface area contributed by atoms with E-state index in [1.807, 2.05) is 60.7 Å². The number of hydrogen-bond acceptors (Lipinski definition) is 4. The highest BCUT2D eigenvalue weighted by Gasteiger charge is 2.15. The third-order valence-corrected chi connectivity index (χ3v) is 3.55. The highest BCUT2D eigenvalue weighted by molar-refractivity contribution is 5.73. The molecule has 0 spiro atoms. The summed E-state index contributed by atoms with van der Waals surface area (Å²) in [5.41, 5.74) is 2.63.